The average Bonchev–Trinajstić information content (AvgIpc) is 3.21. The summed E-state index contributed by atoms with van der Waals surface area (Å²) in [6.45, 7) is 1.02. The van der Waals surface area contributed by atoms with E-state index in [4.69, 9.17) is 5.10 Å². The maximum atomic E-state index is 12.6. The number of benzene rings is 3. The SMILES string of the molecule is CS(=O)c1ccc(C(=O)NCc2cn(Cc3ccccc3)nc2-c2ccccc2)cc1. The van der Waals surface area contributed by atoms with E-state index in [1.165, 1.54) is 0 Å². The molecule has 5 nitrogen and oxygen atoms in total. The van der Waals surface area contributed by atoms with Gasteiger partial charge in [-0.05, 0) is 29.8 Å². The second kappa shape index (κ2) is 9.53. The van der Waals surface area contributed by atoms with Gasteiger partial charge in [0, 0.05) is 51.4 Å². The third-order valence-electron chi connectivity index (χ3n) is 4.96. The maximum absolute atomic E-state index is 12.6. The Morgan fingerprint density at radius 3 is 2.23 bits per heavy atom. The van der Waals surface area contributed by atoms with E-state index >= 15 is 0 Å². The van der Waals surface area contributed by atoms with Gasteiger partial charge in [-0.2, -0.15) is 5.10 Å². The van der Waals surface area contributed by atoms with E-state index in [2.05, 4.69) is 17.4 Å². The first-order valence-electron chi connectivity index (χ1n) is 9.97. The molecule has 0 fully saturated rings. The van der Waals surface area contributed by atoms with E-state index in [9.17, 15) is 9.00 Å². The van der Waals surface area contributed by atoms with Crippen molar-refractivity contribution in [2.45, 2.75) is 18.0 Å². The van der Waals surface area contributed by atoms with Crippen LogP contribution in [0.2, 0.25) is 0 Å². The molecule has 31 heavy (non-hydrogen) atoms. The van der Waals surface area contributed by atoms with Crippen LogP contribution >= 0.6 is 0 Å². The first-order chi connectivity index (χ1) is 15.1. The molecule has 1 aromatic heterocycles. The van der Waals surface area contributed by atoms with Crippen molar-refractivity contribution in [3.05, 3.63) is 108 Å². The normalized spacial score (nSPS) is 11.8. The predicted molar refractivity (Wildman–Crippen MR) is 123 cm³/mol. The van der Waals surface area contributed by atoms with Crippen LogP contribution in [0.1, 0.15) is 21.5 Å². The summed E-state index contributed by atoms with van der Waals surface area (Å²) in [6, 6.07) is 27.0. The van der Waals surface area contributed by atoms with E-state index in [1.807, 2.05) is 59.4 Å². The zero-order valence-electron chi connectivity index (χ0n) is 17.2. The fourth-order valence-electron chi connectivity index (χ4n) is 3.36. The van der Waals surface area contributed by atoms with Crippen LogP contribution in [-0.4, -0.2) is 26.2 Å². The molecule has 0 saturated carbocycles. The third-order valence-corrected chi connectivity index (χ3v) is 5.90. The number of hydrogen-bond donors (Lipinski definition) is 1. The number of rotatable bonds is 7. The van der Waals surface area contributed by atoms with Crippen molar-refractivity contribution in [1.82, 2.24) is 15.1 Å². The molecule has 1 amide bonds. The van der Waals surface area contributed by atoms with Crippen molar-refractivity contribution in [1.29, 1.82) is 0 Å². The number of aromatic nitrogens is 2. The van der Waals surface area contributed by atoms with E-state index < -0.39 is 10.8 Å². The predicted octanol–water partition coefficient (Wildman–Crippen LogP) is 4.27. The molecule has 0 saturated heterocycles. The lowest BCUT2D eigenvalue weighted by Crippen LogP contribution is -2.22. The number of nitrogens with one attached hydrogen (secondary N) is 1. The van der Waals surface area contributed by atoms with Gasteiger partial charge >= 0.3 is 0 Å². The van der Waals surface area contributed by atoms with Crippen molar-refractivity contribution in [2.75, 3.05) is 6.26 Å². The van der Waals surface area contributed by atoms with Crippen molar-refractivity contribution in [3.63, 3.8) is 0 Å². The van der Waals surface area contributed by atoms with Crippen LogP contribution in [0.3, 0.4) is 0 Å². The quantitative estimate of drug-likeness (QED) is 0.477. The molecule has 0 aliphatic rings. The fourth-order valence-corrected chi connectivity index (χ4v) is 3.88. The number of carbonyl (C=O) groups is 1. The molecule has 4 rings (SSSR count). The molecule has 0 radical (unpaired) electrons. The Hall–Kier alpha value is -3.51. The molecule has 3 aromatic carbocycles. The van der Waals surface area contributed by atoms with E-state index in [1.54, 1.807) is 30.5 Å². The van der Waals surface area contributed by atoms with E-state index in [0.717, 1.165) is 22.4 Å². The Morgan fingerprint density at radius 2 is 1.58 bits per heavy atom. The van der Waals surface area contributed by atoms with Crippen LogP contribution in [0.25, 0.3) is 11.3 Å². The highest BCUT2D eigenvalue weighted by Gasteiger charge is 2.13. The second-order valence-electron chi connectivity index (χ2n) is 7.21. The number of amides is 1. The molecule has 1 heterocycles. The highest BCUT2D eigenvalue weighted by Crippen LogP contribution is 2.22. The minimum Gasteiger partial charge on any atom is -0.348 e. The maximum Gasteiger partial charge on any atom is 0.251 e. The zero-order chi connectivity index (χ0) is 21.6. The van der Waals surface area contributed by atoms with Crippen LogP contribution < -0.4 is 5.32 Å². The smallest absolute Gasteiger partial charge is 0.251 e. The summed E-state index contributed by atoms with van der Waals surface area (Å²) in [4.78, 5) is 13.3. The van der Waals surface area contributed by atoms with Crippen molar-refractivity contribution < 1.29 is 9.00 Å². The van der Waals surface area contributed by atoms with Gasteiger partial charge in [0.15, 0.2) is 0 Å². The molecule has 0 aliphatic heterocycles. The van der Waals surface area contributed by atoms with Gasteiger partial charge in [0.1, 0.15) is 0 Å². The number of carbonyl (C=O) groups excluding carboxylic acids is 1. The molecule has 0 bridgehead atoms. The lowest BCUT2D eigenvalue weighted by molar-refractivity contribution is 0.0951. The largest absolute Gasteiger partial charge is 0.348 e. The Bertz CT molecular complexity index is 1190. The lowest BCUT2D eigenvalue weighted by Gasteiger charge is -2.06. The van der Waals surface area contributed by atoms with Crippen LogP contribution in [0.5, 0.6) is 0 Å². The van der Waals surface area contributed by atoms with Crippen LogP contribution in [0.15, 0.2) is 96.0 Å². The average molecular weight is 430 g/mol. The first-order valence-corrected chi connectivity index (χ1v) is 11.5. The molecular weight excluding hydrogens is 406 g/mol. The topological polar surface area (TPSA) is 64.0 Å². The number of nitrogens with zero attached hydrogens (tertiary/aromatic N) is 2. The Labute approximate surface area is 184 Å². The molecule has 4 aromatic rings. The lowest BCUT2D eigenvalue weighted by atomic mass is 10.1. The highest BCUT2D eigenvalue weighted by atomic mass is 32.2. The van der Waals surface area contributed by atoms with Crippen LogP contribution in [0, 0.1) is 0 Å². The van der Waals surface area contributed by atoms with Gasteiger partial charge in [-0.3, -0.25) is 13.7 Å². The van der Waals surface area contributed by atoms with Gasteiger partial charge in [-0.15, -0.1) is 0 Å². The summed E-state index contributed by atoms with van der Waals surface area (Å²) < 4.78 is 13.5. The minimum atomic E-state index is -1.07. The second-order valence-corrected chi connectivity index (χ2v) is 8.59. The minimum absolute atomic E-state index is 0.178. The summed E-state index contributed by atoms with van der Waals surface area (Å²) in [7, 11) is -1.07. The van der Waals surface area contributed by atoms with Gasteiger partial charge in [0.05, 0.1) is 12.2 Å². The summed E-state index contributed by atoms with van der Waals surface area (Å²) in [6.07, 6.45) is 3.60. The van der Waals surface area contributed by atoms with E-state index in [0.29, 0.717) is 23.5 Å². The first kappa shape index (κ1) is 20.8. The molecule has 6 heteroatoms. The van der Waals surface area contributed by atoms with Crippen molar-refractivity contribution in [2.24, 2.45) is 0 Å². The molecule has 1 N–H and O–H groups in total. The highest BCUT2D eigenvalue weighted by molar-refractivity contribution is 7.84. The zero-order valence-corrected chi connectivity index (χ0v) is 18.0. The Kier molecular flexibility index (Phi) is 6.38. The molecule has 1 unspecified atom stereocenters. The fraction of sp³-hybridized carbons (Fsp3) is 0.120. The monoisotopic (exact) mass is 429 g/mol. The Balaban J connectivity index is 1.54. The summed E-state index contributed by atoms with van der Waals surface area (Å²) in [5.41, 5.74) is 4.50. The molecule has 0 aliphatic carbocycles. The van der Waals surface area contributed by atoms with Crippen molar-refractivity contribution in [3.8, 4) is 11.3 Å². The third kappa shape index (κ3) is 5.16. The summed E-state index contributed by atoms with van der Waals surface area (Å²) in [5.74, 6) is -0.178. The van der Waals surface area contributed by atoms with E-state index in [-0.39, 0.29) is 5.91 Å². The van der Waals surface area contributed by atoms with Crippen LogP contribution in [0.4, 0.5) is 0 Å². The van der Waals surface area contributed by atoms with Gasteiger partial charge in [-0.25, -0.2) is 0 Å². The molecular formula is C25H23N3O2S. The van der Waals surface area contributed by atoms with Gasteiger partial charge in [-0.1, -0.05) is 60.7 Å². The van der Waals surface area contributed by atoms with Crippen LogP contribution in [-0.2, 0) is 23.9 Å². The molecule has 1 atom stereocenters. The van der Waals surface area contributed by atoms with Crippen molar-refractivity contribution >= 4 is 16.7 Å². The summed E-state index contributed by atoms with van der Waals surface area (Å²) >= 11 is 0. The van der Waals surface area contributed by atoms with Gasteiger partial charge < -0.3 is 5.32 Å². The van der Waals surface area contributed by atoms with Gasteiger partial charge in [0.2, 0.25) is 0 Å². The Morgan fingerprint density at radius 1 is 0.935 bits per heavy atom. The molecule has 156 valence electrons. The van der Waals surface area contributed by atoms with Gasteiger partial charge in [0.25, 0.3) is 5.91 Å². The number of hydrogen-bond acceptors (Lipinski definition) is 3. The molecule has 0 spiro atoms. The summed E-state index contributed by atoms with van der Waals surface area (Å²) in [5, 5.41) is 7.77. The standard InChI is InChI=1S/C25H23N3O2S/c1-31(30)23-14-12-21(13-15-23)25(29)26-16-22-18-28(17-19-8-4-2-5-9-19)27-24(22)20-10-6-3-7-11-20/h2-15,18H,16-17H2,1H3,(H,26,29).